The molecular weight excluding hydrogens is 344 g/mol. The van der Waals surface area contributed by atoms with Crippen LogP contribution in [-0.2, 0) is 16.1 Å². The fraction of sp³-hybridized carbons (Fsp3) is 0.333. The van der Waals surface area contributed by atoms with Crippen LogP contribution in [0.15, 0.2) is 54.6 Å². The highest BCUT2D eigenvalue weighted by Crippen LogP contribution is 2.27. The maximum atomic E-state index is 12.4. The van der Waals surface area contributed by atoms with Crippen molar-refractivity contribution in [3.05, 3.63) is 60.2 Å². The van der Waals surface area contributed by atoms with Gasteiger partial charge in [0.1, 0.15) is 12.4 Å². The van der Waals surface area contributed by atoms with Crippen molar-refractivity contribution in [3.63, 3.8) is 0 Å². The van der Waals surface area contributed by atoms with Crippen LogP contribution in [0.25, 0.3) is 0 Å². The van der Waals surface area contributed by atoms with Crippen molar-refractivity contribution < 1.29 is 19.1 Å². The molecule has 0 unspecified atom stereocenters. The molecule has 2 aromatic carbocycles. The summed E-state index contributed by atoms with van der Waals surface area (Å²) in [5.41, 5.74) is 1.55. The van der Waals surface area contributed by atoms with E-state index in [4.69, 9.17) is 9.47 Å². The number of carbonyl (C=O) groups is 2. The van der Waals surface area contributed by atoms with Crippen molar-refractivity contribution in [3.8, 4) is 5.75 Å². The van der Waals surface area contributed by atoms with Crippen LogP contribution in [0.3, 0.4) is 0 Å². The predicted octanol–water partition coefficient (Wildman–Crippen LogP) is 3.73. The predicted molar refractivity (Wildman–Crippen MR) is 103 cm³/mol. The summed E-state index contributed by atoms with van der Waals surface area (Å²) < 4.78 is 10.6. The Bertz CT molecular complexity index is 779. The summed E-state index contributed by atoms with van der Waals surface area (Å²) in [5, 5.41) is 5.77. The topological polar surface area (TPSA) is 76.7 Å². The lowest BCUT2D eigenvalue weighted by atomic mass is 10.0. The number of benzene rings is 2. The number of amides is 2. The number of urea groups is 1. The first-order valence-electron chi connectivity index (χ1n) is 9.08. The Balaban J connectivity index is 1.60. The molecule has 2 amide bonds. The second kappa shape index (κ2) is 9.07. The van der Waals surface area contributed by atoms with Gasteiger partial charge < -0.3 is 20.1 Å². The summed E-state index contributed by atoms with van der Waals surface area (Å²) in [6.07, 6.45) is 2.40. The van der Waals surface area contributed by atoms with Crippen molar-refractivity contribution in [1.82, 2.24) is 5.32 Å². The molecule has 0 aromatic heterocycles. The molecular formula is C21H24N2O4. The van der Waals surface area contributed by atoms with Gasteiger partial charge >= 0.3 is 12.0 Å². The van der Waals surface area contributed by atoms with Gasteiger partial charge in [-0.15, -0.1) is 0 Å². The molecule has 6 nitrogen and oxygen atoms in total. The number of hydrogen-bond acceptors (Lipinski definition) is 4. The maximum absolute atomic E-state index is 12.4. The minimum absolute atomic E-state index is 0.204. The van der Waals surface area contributed by atoms with E-state index in [-0.39, 0.29) is 24.0 Å². The third-order valence-electron chi connectivity index (χ3n) is 4.74. The van der Waals surface area contributed by atoms with Gasteiger partial charge in [0.05, 0.1) is 13.0 Å². The molecule has 2 atom stereocenters. The van der Waals surface area contributed by atoms with Gasteiger partial charge in [-0.2, -0.15) is 0 Å². The molecule has 1 aliphatic carbocycles. The first-order chi connectivity index (χ1) is 13.2. The van der Waals surface area contributed by atoms with Gasteiger partial charge in [0.15, 0.2) is 0 Å². The molecule has 1 saturated carbocycles. The number of nitrogens with one attached hydrogen (secondary N) is 2. The van der Waals surface area contributed by atoms with Crippen molar-refractivity contribution in [1.29, 1.82) is 0 Å². The van der Waals surface area contributed by atoms with E-state index in [1.807, 2.05) is 54.6 Å². The number of para-hydroxylation sites is 2. The van der Waals surface area contributed by atoms with E-state index in [1.165, 1.54) is 7.11 Å². The molecule has 3 rings (SSSR count). The van der Waals surface area contributed by atoms with Crippen LogP contribution in [0.1, 0.15) is 24.8 Å². The molecule has 1 aliphatic rings. The van der Waals surface area contributed by atoms with Gasteiger partial charge in [-0.3, -0.25) is 4.79 Å². The lowest BCUT2D eigenvalue weighted by Crippen LogP contribution is -2.42. The van der Waals surface area contributed by atoms with Gasteiger partial charge in [0.2, 0.25) is 0 Å². The largest absolute Gasteiger partial charge is 0.489 e. The minimum Gasteiger partial charge on any atom is -0.489 e. The second-order valence-corrected chi connectivity index (χ2v) is 6.52. The fourth-order valence-corrected chi connectivity index (χ4v) is 3.34. The molecule has 2 N–H and O–H groups in total. The van der Waals surface area contributed by atoms with E-state index in [0.717, 1.165) is 30.6 Å². The molecule has 142 valence electrons. The highest BCUT2D eigenvalue weighted by Gasteiger charge is 2.34. The molecule has 0 saturated heterocycles. The number of carbonyl (C=O) groups excluding carboxylic acids is 2. The molecule has 27 heavy (non-hydrogen) atoms. The maximum Gasteiger partial charge on any atom is 0.319 e. The number of esters is 1. The van der Waals surface area contributed by atoms with Gasteiger partial charge in [0.25, 0.3) is 0 Å². The first kappa shape index (κ1) is 18.8. The van der Waals surface area contributed by atoms with Crippen molar-refractivity contribution in [2.75, 3.05) is 12.4 Å². The van der Waals surface area contributed by atoms with E-state index in [9.17, 15) is 9.59 Å². The zero-order chi connectivity index (χ0) is 19.1. The van der Waals surface area contributed by atoms with Crippen LogP contribution in [-0.4, -0.2) is 25.2 Å². The smallest absolute Gasteiger partial charge is 0.319 e. The summed E-state index contributed by atoms with van der Waals surface area (Å²) in [6, 6.07) is 16.5. The van der Waals surface area contributed by atoms with E-state index in [1.54, 1.807) is 0 Å². The first-order valence-corrected chi connectivity index (χ1v) is 9.08. The third-order valence-corrected chi connectivity index (χ3v) is 4.74. The van der Waals surface area contributed by atoms with Gasteiger partial charge in [0, 0.05) is 17.3 Å². The van der Waals surface area contributed by atoms with Crippen LogP contribution < -0.4 is 15.4 Å². The van der Waals surface area contributed by atoms with E-state index < -0.39 is 0 Å². The Labute approximate surface area is 158 Å². The molecule has 2 aromatic rings. The van der Waals surface area contributed by atoms with Crippen molar-refractivity contribution in [2.24, 2.45) is 5.92 Å². The van der Waals surface area contributed by atoms with Crippen molar-refractivity contribution in [2.45, 2.75) is 31.9 Å². The minimum atomic E-state index is -0.331. The van der Waals surface area contributed by atoms with Crippen LogP contribution in [0.5, 0.6) is 5.75 Å². The normalized spacial score (nSPS) is 18.6. The van der Waals surface area contributed by atoms with Crippen molar-refractivity contribution >= 4 is 17.7 Å². The van der Waals surface area contributed by atoms with Crippen LogP contribution >= 0.6 is 0 Å². The molecule has 0 spiro atoms. The lowest BCUT2D eigenvalue weighted by molar-refractivity contribution is -0.145. The summed E-state index contributed by atoms with van der Waals surface area (Å²) in [5.74, 6) is 0.218. The van der Waals surface area contributed by atoms with Gasteiger partial charge in [-0.1, -0.05) is 42.8 Å². The number of anilines is 1. The SMILES string of the molecule is COC(=O)[C@@H]1CCC[C@H]1NC(=O)Nc1ccccc1COc1ccccc1. The Morgan fingerprint density at radius 1 is 1.04 bits per heavy atom. The Kier molecular flexibility index (Phi) is 6.30. The van der Waals surface area contributed by atoms with E-state index >= 15 is 0 Å². The fourth-order valence-electron chi connectivity index (χ4n) is 3.34. The Morgan fingerprint density at radius 2 is 1.78 bits per heavy atom. The zero-order valence-electron chi connectivity index (χ0n) is 15.3. The Morgan fingerprint density at radius 3 is 2.56 bits per heavy atom. The van der Waals surface area contributed by atoms with Gasteiger partial charge in [-0.25, -0.2) is 4.79 Å². The van der Waals surface area contributed by atoms with Crippen LogP contribution in [0.4, 0.5) is 10.5 Å². The summed E-state index contributed by atoms with van der Waals surface area (Å²) in [7, 11) is 1.38. The molecule has 0 aliphatic heterocycles. The molecule has 0 radical (unpaired) electrons. The zero-order valence-corrected chi connectivity index (χ0v) is 15.3. The summed E-state index contributed by atoms with van der Waals surface area (Å²) in [6.45, 7) is 0.342. The number of rotatable bonds is 6. The van der Waals surface area contributed by atoms with Crippen LogP contribution in [0, 0.1) is 5.92 Å². The molecule has 0 bridgehead atoms. The average Bonchev–Trinajstić information content (AvgIpc) is 3.15. The third kappa shape index (κ3) is 5.00. The van der Waals surface area contributed by atoms with E-state index in [2.05, 4.69) is 10.6 Å². The molecule has 1 fully saturated rings. The number of methoxy groups -OCH3 is 1. The average molecular weight is 368 g/mol. The second-order valence-electron chi connectivity index (χ2n) is 6.52. The lowest BCUT2D eigenvalue weighted by Gasteiger charge is -2.20. The molecule has 6 heteroatoms. The van der Waals surface area contributed by atoms with Crippen LogP contribution in [0.2, 0.25) is 0 Å². The monoisotopic (exact) mass is 368 g/mol. The molecule has 0 heterocycles. The Hall–Kier alpha value is -3.02. The highest BCUT2D eigenvalue weighted by atomic mass is 16.5. The van der Waals surface area contributed by atoms with E-state index in [0.29, 0.717) is 12.3 Å². The standard InChI is InChI=1S/C21H24N2O4/c1-26-20(24)17-11-7-13-19(17)23-21(25)22-18-12-6-5-8-15(18)14-27-16-9-3-2-4-10-16/h2-6,8-10,12,17,19H,7,11,13-14H2,1H3,(H2,22,23,25)/t17-,19-/m1/s1. The quantitative estimate of drug-likeness (QED) is 0.762. The highest BCUT2D eigenvalue weighted by molar-refractivity contribution is 5.90. The number of hydrogen-bond donors (Lipinski definition) is 2. The summed E-state index contributed by atoms with van der Waals surface area (Å²) >= 11 is 0. The summed E-state index contributed by atoms with van der Waals surface area (Å²) in [4.78, 5) is 24.3. The number of ether oxygens (including phenoxy) is 2. The van der Waals surface area contributed by atoms with Gasteiger partial charge in [-0.05, 0) is 31.0 Å².